The van der Waals surface area contributed by atoms with E-state index in [1.165, 1.54) is 28.8 Å². The number of ether oxygens (including phenoxy) is 2. The Morgan fingerprint density at radius 1 is 1.16 bits per heavy atom. The Kier molecular flexibility index (Phi) is 5.06. The average Bonchev–Trinajstić information content (AvgIpc) is 2.88. The van der Waals surface area contributed by atoms with Gasteiger partial charge in [-0.2, -0.15) is 0 Å². The highest BCUT2D eigenvalue weighted by Crippen LogP contribution is 2.37. The molecule has 4 nitrogen and oxygen atoms in total. The lowest BCUT2D eigenvalue weighted by Gasteiger charge is -2.14. The fourth-order valence-electron chi connectivity index (χ4n) is 2.38. The maximum atomic E-state index is 13.5. The molecule has 3 rings (SSSR count). The highest BCUT2D eigenvalue weighted by atomic mass is 32.2. The number of amides is 1. The molecular weight excluding hydrogens is 361 g/mol. The third-order valence-electron chi connectivity index (χ3n) is 3.59. The molecule has 0 N–H and O–H groups in total. The van der Waals surface area contributed by atoms with Crippen molar-refractivity contribution in [1.29, 1.82) is 0 Å². The van der Waals surface area contributed by atoms with Crippen LogP contribution in [0.1, 0.15) is 5.56 Å². The molecule has 0 spiro atoms. The molecule has 2 aromatic carbocycles. The quantitative estimate of drug-likeness (QED) is 0.590. The van der Waals surface area contributed by atoms with Crippen LogP contribution in [0.15, 0.2) is 47.4 Å². The minimum absolute atomic E-state index is 0.293. The minimum atomic E-state index is -0.424. The second-order valence-corrected chi connectivity index (χ2v) is 6.78. The van der Waals surface area contributed by atoms with E-state index < -0.39 is 5.82 Å². The van der Waals surface area contributed by atoms with E-state index in [1.54, 1.807) is 50.6 Å². The number of methoxy groups -OCH3 is 2. The van der Waals surface area contributed by atoms with E-state index in [9.17, 15) is 9.18 Å². The maximum Gasteiger partial charge on any atom is 0.270 e. The molecule has 0 atom stereocenters. The molecule has 0 radical (unpaired) electrons. The van der Waals surface area contributed by atoms with Crippen LogP contribution in [-0.4, -0.2) is 24.4 Å². The van der Waals surface area contributed by atoms with Gasteiger partial charge in [-0.25, -0.2) is 4.39 Å². The molecule has 7 heteroatoms. The van der Waals surface area contributed by atoms with Gasteiger partial charge in [0.1, 0.15) is 17.3 Å². The number of rotatable bonds is 4. The molecule has 0 bridgehead atoms. The summed E-state index contributed by atoms with van der Waals surface area (Å²) in [5.41, 5.74) is 1.13. The summed E-state index contributed by atoms with van der Waals surface area (Å²) in [5.74, 6) is 0.516. The van der Waals surface area contributed by atoms with Gasteiger partial charge in [0.15, 0.2) is 4.32 Å². The summed E-state index contributed by atoms with van der Waals surface area (Å²) >= 11 is 6.46. The van der Waals surface area contributed by atoms with Crippen molar-refractivity contribution in [2.24, 2.45) is 0 Å². The molecule has 0 unspecified atom stereocenters. The molecule has 0 saturated carbocycles. The summed E-state index contributed by atoms with van der Waals surface area (Å²) in [6.45, 7) is 0. The lowest BCUT2D eigenvalue weighted by Crippen LogP contribution is -2.27. The van der Waals surface area contributed by atoms with Crippen LogP contribution in [0.4, 0.5) is 10.1 Å². The first-order valence-electron chi connectivity index (χ1n) is 7.29. The second kappa shape index (κ2) is 7.25. The van der Waals surface area contributed by atoms with E-state index >= 15 is 0 Å². The van der Waals surface area contributed by atoms with E-state index in [4.69, 9.17) is 21.7 Å². The third kappa shape index (κ3) is 3.52. The monoisotopic (exact) mass is 375 g/mol. The van der Waals surface area contributed by atoms with Crippen LogP contribution >= 0.6 is 24.0 Å². The van der Waals surface area contributed by atoms with Gasteiger partial charge in [-0.15, -0.1) is 0 Å². The number of carbonyl (C=O) groups excluding carboxylic acids is 1. The Balaban J connectivity index is 1.96. The van der Waals surface area contributed by atoms with Gasteiger partial charge in [0.2, 0.25) is 0 Å². The van der Waals surface area contributed by atoms with E-state index in [0.717, 1.165) is 5.56 Å². The number of nitrogens with zero attached hydrogens (tertiary/aromatic N) is 1. The molecule has 128 valence electrons. The molecule has 1 aliphatic heterocycles. The number of hydrogen-bond donors (Lipinski definition) is 0. The van der Waals surface area contributed by atoms with Crippen LogP contribution in [0.5, 0.6) is 11.5 Å². The fourth-order valence-corrected chi connectivity index (χ4v) is 3.67. The summed E-state index contributed by atoms with van der Waals surface area (Å²) in [4.78, 5) is 14.5. The highest BCUT2D eigenvalue weighted by Gasteiger charge is 2.33. The Morgan fingerprint density at radius 3 is 2.64 bits per heavy atom. The Bertz CT molecular complexity index is 882. The summed E-state index contributed by atoms with van der Waals surface area (Å²) in [6, 6.07) is 11.1. The van der Waals surface area contributed by atoms with E-state index in [0.29, 0.717) is 26.4 Å². The van der Waals surface area contributed by atoms with Gasteiger partial charge in [-0.1, -0.05) is 30.0 Å². The van der Waals surface area contributed by atoms with Gasteiger partial charge in [-0.3, -0.25) is 9.69 Å². The van der Waals surface area contributed by atoms with Gasteiger partial charge >= 0.3 is 0 Å². The van der Waals surface area contributed by atoms with Crippen molar-refractivity contribution < 1.29 is 18.7 Å². The lowest BCUT2D eigenvalue weighted by atomic mass is 10.1. The first kappa shape index (κ1) is 17.4. The molecular formula is C18H14FNO3S2. The van der Waals surface area contributed by atoms with Crippen molar-refractivity contribution in [3.63, 3.8) is 0 Å². The first-order chi connectivity index (χ1) is 12.0. The van der Waals surface area contributed by atoms with E-state index in [1.807, 2.05) is 0 Å². The Labute approximate surface area is 154 Å². The zero-order valence-electron chi connectivity index (χ0n) is 13.5. The average molecular weight is 375 g/mol. The van der Waals surface area contributed by atoms with Gasteiger partial charge in [0.05, 0.1) is 24.8 Å². The first-order valence-corrected chi connectivity index (χ1v) is 8.51. The van der Waals surface area contributed by atoms with Crippen molar-refractivity contribution in [1.82, 2.24) is 0 Å². The maximum absolute atomic E-state index is 13.5. The molecule has 1 saturated heterocycles. The van der Waals surface area contributed by atoms with Crippen molar-refractivity contribution in [2.45, 2.75) is 0 Å². The number of thiocarbonyl (C=S) groups is 1. The number of thioether (sulfide) groups is 1. The van der Waals surface area contributed by atoms with Crippen molar-refractivity contribution in [3.05, 3.63) is 58.8 Å². The molecule has 1 aliphatic rings. The summed E-state index contributed by atoms with van der Waals surface area (Å²) in [5, 5.41) is 0. The predicted molar refractivity (Wildman–Crippen MR) is 102 cm³/mol. The van der Waals surface area contributed by atoms with Gasteiger partial charge in [-0.05, 0) is 36.4 Å². The molecule has 0 aliphatic carbocycles. The van der Waals surface area contributed by atoms with E-state index in [2.05, 4.69) is 0 Å². The van der Waals surface area contributed by atoms with Crippen molar-refractivity contribution in [2.75, 3.05) is 19.1 Å². The molecule has 2 aromatic rings. The molecule has 1 heterocycles. The fraction of sp³-hybridized carbons (Fsp3) is 0.111. The number of hydrogen-bond acceptors (Lipinski definition) is 5. The minimum Gasteiger partial charge on any atom is -0.497 e. The van der Waals surface area contributed by atoms with Crippen LogP contribution in [0.25, 0.3) is 6.08 Å². The normalized spacial score (nSPS) is 15.8. The number of halogens is 1. The number of anilines is 1. The summed E-state index contributed by atoms with van der Waals surface area (Å²) in [6.07, 6.45) is 1.71. The predicted octanol–water partition coefficient (Wildman–Crippen LogP) is 4.25. The number of carbonyl (C=O) groups is 1. The second-order valence-electron chi connectivity index (χ2n) is 5.10. The van der Waals surface area contributed by atoms with Crippen LogP contribution in [0, 0.1) is 5.82 Å². The molecule has 1 fully saturated rings. The molecule has 25 heavy (non-hydrogen) atoms. The summed E-state index contributed by atoms with van der Waals surface area (Å²) in [7, 11) is 3.11. The lowest BCUT2D eigenvalue weighted by molar-refractivity contribution is -0.113. The van der Waals surface area contributed by atoms with E-state index in [-0.39, 0.29) is 5.91 Å². The van der Waals surface area contributed by atoms with Crippen molar-refractivity contribution in [3.8, 4) is 11.5 Å². The van der Waals surface area contributed by atoms with Crippen LogP contribution in [-0.2, 0) is 4.79 Å². The highest BCUT2D eigenvalue weighted by molar-refractivity contribution is 8.27. The zero-order valence-corrected chi connectivity index (χ0v) is 15.1. The molecule has 1 amide bonds. The topological polar surface area (TPSA) is 38.8 Å². The van der Waals surface area contributed by atoms with Gasteiger partial charge in [0, 0.05) is 11.6 Å². The SMILES string of the molecule is COc1ccc(/C=C2/SC(=S)N(c3cccc(F)c3)C2=O)c(OC)c1. The largest absolute Gasteiger partial charge is 0.497 e. The zero-order chi connectivity index (χ0) is 18.0. The van der Waals surface area contributed by atoms with Crippen molar-refractivity contribution >= 4 is 46.0 Å². The Morgan fingerprint density at radius 2 is 1.96 bits per heavy atom. The smallest absolute Gasteiger partial charge is 0.270 e. The van der Waals surface area contributed by atoms with Gasteiger partial charge in [0.25, 0.3) is 5.91 Å². The van der Waals surface area contributed by atoms with Crippen LogP contribution in [0.2, 0.25) is 0 Å². The van der Waals surface area contributed by atoms with Gasteiger partial charge < -0.3 is 9.47 Å². The van der Waals surface area contributed by atoms with Crippen LogP contribution < -0.4 is 14.4 Å². The number of benzene rings is 2. The third-order valence-corrected chi connectivity index (χ3v) is 4.89. The van der Waals surface area contributed by atoms with Crippen LogP contribution in [0.3, 0.4) is 0 Å². The Hall–Kier alpha value is -2.38. The molecule has 0 aromatic heterocycles. The summed E-state index contributed by atoms with van der Waals surface area (Å²) < 4.78 is 24.3. The standard InChI is InChI=1S/C18H14FNO3S2/c1-22-14-7-6-11(15(10-14)23-2)8-16-17(21)20(18(24)25-16)13-5-3-4-12(19)9-13/h3-10H,1-2H3/b16-8+.